The smallest absolute Gasteiger partial charge is 0.256 e. The molecule has 0 heterocycles. The minimum absolute atomic E-state index is 0.243. The van der Waals surface area contributed by atoms with Crippen molar-refractivity contribution in [1.82, 2.24) is 10.2 Å². The van der Waals surface area contributed by atoms with Gasteiger partial charge in [0.25, 0.3) is 5.91 Å². The van der Waals surface area contributed by atoms with Gasteiger partial charge in [-0.1, -0.05) is 39.0 Å². The van der Waals surface area contributed by atoms with Crippen LogP contribution in [0.15, 0.2) is 52.2 Å². The number of carbonyl (C=O) groups is 2. The standard InChI is InChI=1S/C21H30FN3O3.C2H6/c1-5-7-8-16(6-2)21(28)24-20(23-4)18(22)13-25(14-26)15(3)9-10-17-11-12-19(17)27;1-2/h6-8,13-15,27H,5,9-12H2,1-4H3,(H,23,24,28);1-2H3/b8-7-,16-6+,18-13+;. The second-order valence-corrected chi connectivity index (χ2v) is 6.55. The maximum atomic E-state index is 14.6. The van der Waals surface area contributed by atoms with E-state index in [4.69, 9.17) is 0 Å². The molecule has 0 spiro atoms. The number of hydrogen-bond acceptors (Lipinski definition) is 4. The molecule has 0 aromatic rings. The van der Waals surface area contributed by atoms with E-state index in [1.807, 2.05) is 26.8 Å². The minimum Gasteiger partial charge on any atom is -0.512 e. The zero-order valence-corrected chi connectivity index (χ0v) is 19.0. The zero-order chi connectivity index (χ0) is 23.1. The molecule has 2 amide bonds. The van der Waals surface area contributed by atoms with Crippen LogP contribution in [0.3, 0.4) is 0 Å². The Morgan fingerprint density at radius 1 is 1.37 bits per heavy atom. The van der Waals surface area contributed by atoms with Crippen molar-refractivity contribution in [3.63, 3.8) is 0 Å². The van der Waals surface area contributed by atoms with Gasteiger partial charge >= 0.3 is 0 Å². The van der Waals surface area contributed by atoms with E-state index in [9.17, 15) is 19.1 Å². The average Bonchev–Trinajstić information content (AvgIpc) is 2.76. The van der Waals surface area contributed by atoms with Crippen molar-refractivity contribution >= 4 is 18.2 Å². The Labute approximate surface area is 179 Å². The third-order valence-electron chi connectivity index (χ3n) is 4.62. The number of nitrogens with zero attached hydrogens (tertiary/aromatic N) is 2. The van der Waals surface area contributed by atoms with Crippen LogP contribution in [-0.4, -0.2) is 41.2 Å². The van der Waals surface area contributed by atoms with Gasteiger partial charge in [-0.05, 0) is 45.1 Å². The third-order valence-corrected chi connectivity index (χ3v) is 4.62. The van der Waals surface area contributed by atoms with Gasteiger partial charge in [0.15, 0.2) is 11.7 Å². The average molecular weight is 422 g/mol. The fourth-order valence-electron chi connectivity index (χ4n) is 2.62. The lowest BCUT2D eigenvalue weighted by Gasteiger charge is -2.24. The summed E-state index contributed by atoms with van der Waals surface area (Å²) in [6.07, 6.45) is 10.3. The molecule has 1 atom stereocenters. The van der Waals surface area contributed by atoms with Crippen molar-refractivity contribution in [1.29, 1.82) is 0 Å². The molecule has 30 heavy (non-hydrogen) atoms. The van der Waals surface area contributed by atoms with Gasteiger partial charge in [0.1, 0.15) is 0 Å². The van der Waals surface area contributed by atoms with Crippen LogP contribution in [0.25, 0.3) is 0 Å². The normalized spacial score (nSPS) is 15.9. The molecule has 1 aliphatic rings. The summed E-state index contributed by atoms with van der Waals surface area (Å²) in [6, 6.07) is -0.267. The number of allylic oxidation sites excluding steroid dienone is 4. The first-order valence-electron chi connectivity index (χ1n) is 10.5. The van der Waals surface area contributed by atoms with E-state index in [0.29, 0.717) is 37.0 Å². The van der Waals surface area contributed by atoms with E-state index in [1.54, 1.807) is 26.0 Å². The van der Waals surface area contributed by atoms with E-state index in [0.717, 1.165) is 24.6 Å². The summed E-state index contributed by atoms with van der Waals surface area (Å²) in [5.41, 5.74) is 1.38. The van der Waals surface area contributed by atoms with Gasteiger partial charge in [-0.25, -0.2) is 4.39 Å². The number of aliphatic imine (C=N–C) groups is 1. The highest BCUT2D eigenvalue weighted by Gasteiger charge is 2.19. The number of aliphatic hydroxyl groups excluding tert-OH is 1. The highest BCUT2D eigenvalue weighted by atomic mass is 19.1. The van der Waals surface area contributed by atoms with Gasteiger partial charge in [-0.2, -0.15) is 0 Å². The lowest BCUT2D eigenvalue weighted by atomic mass is 9.91. The SMILES string of the molecule is C/C=C(\C=C/CC)C(=O)NC(=NC)/C(F)=C\N(C=O)C(C)CCC1=C(O)CC1.CC. The van der Waals surface area contributed by atoms with Crippen LogP contribution in [0.1, 0.15) is 66.7 Å². The Morgan fingerprint density at radius 3 is 2.47 bits per heavy atom. The summed E-state index contributed by atoms with van der Waals surface area (Å²) in [5.74, 6) is -1.11. The van der Waals surface area contributed by atoms with Crippen molar-refractivity contribution in [3.05, 3.63) is 47.2 Å². The molecular weight excluding hydrogens is 385 g/mol. The molecule has 0 aromatic heterocycles. The molecule has 2 N–H and O–H groups in total. The quantitative estimate of drug-likeness (QED) is 0.169. The third kappa shape index (κ3) is 8.76. The van der Waals surface area contributed by atoms with Gasteiger partial charge in [0.2, 0.25) is 6.41 Å². The van der Waals surface area contributed by atoms with Crippen LogP contribution in [0.5, 0.6) is 0 Å². The Kier molecular flexibility index (Phi) is 13.8. The van der Waals surface area contributed by atoms with Gasteiger partial charge < -0.3 is 15.3 Å². The lowest BCUT2D eigenvalue weighted by Crippen LogP contribution is -2.34. The molecule has 7 heteroatoms. The van der Waals surface area contributed by atoms with Crippen LogP contribution in [-0.2, 0) is 9.59 Å². The van der Waals surface area contributed by atoms with Crippen LogP contribution >= 0.6 is 0 Å². The van der Waals surface area contributed by atoms with Crippen molar-refractivity contribution in [3.8, 4) is 0 Å². The molecule has 6 nitrogen and oxygen atoms in total. The number of aliphatic hydroxyl groups is 1. The number of carbonyl (C=O) groups excluding carboxylic acids is 2. The fraction of sp³-hybridized carbons (Fsp3) is 0.522. The monoisotopic (exact) mass is 421 g/mol. The highest BCUT2D eigenvalue weighted by molar-refractivity contribution is 6.12. The van der Waals surface area contributed by atoms with Gasteiger partial charge in [-0.3, -0.25) is 14.6 Å². The number of amidine groups is 1. The summed E-state index contributed by atoms with van der Waals surface area (Å²) < 4.78 is 14.6. The molecular formula is C23H36FN3O3. The van der Waals surface area contributed by atoms with Crippen LogP contribution in [0.4, 0.5) is 4.39 Å². The summed E-state index contributed by atoms with van der Waals surface area (Å²) in [4.78, 5) is 28.7. The first kappa shape index (κ1) is 27.3. The van der Waals surface area contributed by atoms with E-state index >= 15 is 0 Å². The molecule has 0 saturated heterocycles. The van der Waals surface area contributed by atoms with E-state index in [1.165, 1.54) is 11.9 Å². The Morgan fingerprint density at radius 2 is 2.03 bits per heavy atom. The zero-order valence-electron chi connectivity index (χ0n) is 19.0. The molecule has 1 aliphatic carbocycles. The molecule has 0 saturated carbocycles. The first-order chi connectivity index (χ1) is 14.4. The van der Waals surface area contributed by atoms with Crippen LogP contribution in [0, 0.1) is 0 Å². The number of hydrogen-bond donors (Lipinski definition) is 2. The molecule has 0 aliphatic heterocycles. The molecule has 1 rings (SSSR count). The minimum atomic E-state index is -0.810. The molecule has 168 valence electrons. The molecule has 0 bridgehead atoms. The van der Waals surface area contributed by atoms with Crippen LogP contribution in [0.2, 0.25) is 0 Å². The molecule has 1 unspecified atom stereocenters. The van der Waals surface area contributed by atoms with Gasteiger partial charge in [0.05, 0.1) is 5.76 Å². The number of nitrogens with one attached hydrogen (secondary N) is 1. The lowest BCUT2D eigenvalue weighted by molar-refractivity contribution is -0.117. The van der Waals surface area contributed by atoms with Crippen molar-refractivity contribution in [2.45, 2.75) is 72.8 Å². The maximum absolute atomic E-state index is 14.6. The molecule has 0 aromatic carbocycles. The predicted molar refractivity (Wildman–Crippen MR) is 121 cm³/mol. The highest BCUT2D eigenvalue weighted by Crippen LogP contribution is 2.30. The second kappa shape index (κ2) is 15.2. The summed E-state index contributed by atoms with van der Waals surface area (Å²) >= 11 is 0. The Bertz CT molecular complexity index is 721. The summed E-state index contributed by atoms with van der Waals surface area (Å²) in [6.45, 7) is 9.46. The van der Waals surface area contributed by atoms with Gasteiger partial charge in [0, 0.05) is 31.3 Å². The van der Waals surface area contributed by atoms with Crippen molar-refractivity contribution in [2.24, 2.45) is 4.99 Å². The maximum Gasteiger partial charge on any atom is 0.256 e. The second-order valence-electron chi connectivity index (χ2n) is 6.55. The fourth-order valence-corrected chi connectivity index (χ4v) is 2.62. The largest absolute Gasteiger partial charge is 0.512 e. The Hall–Kier alpha value is -2.70. The van der Waals surface area contributed by atoms with Crippen molar-refractivity contribution in [2.75, 3.05) is 7.05 Å². The molecule has 0 fully saturated rings. The van der Waals surface area contributed by atoms with Crippen molar-refractivity contribution < 1.29 is 19.1 Å². The first-order valence-corrected chi connectivity index (χ1v) is 10.5. The number of rotatable bonds is 10. The summed E-state index contributed by atoms with van der Waals surface area (Å²) in [7, 11) is 1.36. The number of amides is 2. The van der Waals surface area contributed by atoms with E-state index < -0.39 is 11.7 Å². The van der Waals surface area contributed by atoms with E-state index in [2.05, 4.69) is 10.3 Å². The van der Waals surface area contributed by atoms with E-state index in [-0.39, 0.29) is 11.9 Å². The van der Waals surface area contributed by atoms with Gasteiger partial charge in [-0.15, -0.1) is 0 Å². The summed E-state index contributed by atoms with van der Waals surface area (Å²) in [5, 5.41) is 12.0. The predicted octanol–water partition coefficient (Wildman–Crippen LogP) is 5.11. The molecule has 0 radical (unpaired) electrons. The van der Waals surface area contributed by atoms with Crippen LogP contribution < -0.4 is 5.32 Å². The number of halogens is 1. The Balaban J connectivity index is 0.00000407. The topological polar surface area (TPSA) is 82.0 Å².